The summed E-state index contributed by atoms with van der Waals surface area (Å²) in [6.07, 6.45) is 1.89. The highest BCUT2D eigenvalue weighted by Crippen LogP contribution is 2.14. The Morgan fingerprint density at radius 1 is 1.33 bits per heavy atom. The Balaban J connectivity index is 2.69. The molecule has 0 spiro atoms. The van der Waals surface area contributed by atoms with Crippen molar-refractivity contribution in [3.05, 3.63) is 23.9 Å². The van der Waals surface area contributed by atoms with Gasteiger partial charge in [-0.25, -0.2) is 4.98 Å². The number of nitrogens with zero attached hydrogens (tertiary/aromatic N) is 2. The Kier molecular flexibility index (Phi) is 5.56. The molecule has 0 bridgehead atoms. The first-order valence-corrected chi connectivity index (χ1v) is 6.59. The predicted molar refractivity (Wildman–Crippen MR) is 75.8 cm³/mol. The molecule has 4 nitrogen and oxygen atoms in total. The van der Waals surface area contributed by atoms with E-state index < -0.39 is 5.60 Å². The highest BCUT2D eigenvalue weighted by Gasteiger charge is 2.18. The molecule has 0 amide bonds. The van der Waals surface area contributed by atoms with E-state index >= 15 is 0 Å². The van der Waals surface area contributed by atoms with E-state index in [1.807, 2.05) is 26.1 Å². The highest BCUT2D eigenvalue weighted by atomic mass is 16.3. The van der Waals surface area contributed by atoms with Gasteiger partial charge in [-0.2, -0.15) is 0 Å². The summed E-state index contributed by atoms with van der Waals surface area (Å²) in [7, 11) is 0. The summed E-state index contributed by atoms with van der Waals surface area (Å²) in [5, 5.41) is 13.1. The van der Waals surface area contributed by atoms with Crippen LogP contribution in [0.2, 0.25) is 0 Å². The van der Waals surface area contributed by atoms with Gasteiger partial charge in [0.25, 0.3) is 0 Å². The van der Waals surface area contributed by atoms with Gasteiger partial charge >= 0.3 is 0 Å². The lowest BCUT2D eigenvalue weighted by Gasteiger charge is -2.29. The van der Waals surface area contributed by atoms with Crippen LogP contribution in [0.1, 0.15) is 33.3 Å². The second-order valence-electron chi connectivity index (χ2n) is 5.13. The largest absolute Gasteiger partial charge is 0.389 e. The zero-order valence-corrected chi connectivity index (χ0v) is 11.9. The number of likely N-dealkylation sites (N-methyl/N-ethyl adjacent to an activating group) is 1. The number of rotatable bonds is 7. The number of anilines is 1. The molecule has 0 aliphatic carbocycles. The maximum atomic E-state index is 9.87. The topological polar surface area (TPSA) is 48.4 Å². The van der Waals surface area contributed by atoms with Crippen LogP contribution in [0.15, 0.2) is 18.3 Å². The van der Waals surface area contributed by atoms with E-state index in [9.17, 15) is 5.11 Å². The van der Waals surface area contributed by atoms with E-state index in [0.717, 1.165) is 25.5 Å². The first kappa shape index (κ1) is 14.9. The number of aliphatic hydroxyl groups is 1. The van der Waals surface area contributed by atoms with Crippen LogP contribution in [-0.2, 0) is 6.54 Å². The summed E-state index contributed by atoms with van der Waals surface area (Å²) >= 11 is 0. The number of aromatic nitrogens is 1. The average molecular weight is 251 g/mol. The number of pyridine rings is 1. The van der Waals surface area contributed by atoms with Crippen LogP contribution in [0.4, 0.5) is 5.82 Å². The molecule has 0 aliphatic heterocycles. The Hall–Kier alpha value is -1.13. The standard InChI is InChI=1S/C14H25N3O/c1-5-15-9-12-7-8-13(16-10-12)17(6-2)11-14(3,4)18/h7-8,10,15,18H,5-6,9,11H2,1-4H3. The summed E-state index contributed by atoms with van der Waals surface area (Å²) < 4.78 is 0. The molecule has 18 heavy (non-hydrogen) atoms. The van der Waals surface area contributed by atoms with Gasteiger partial charge in [-0.05, 0) is 38.9 Å². The quantitative estimate of drug-likeness (QED) is 0.775. The van der Waals surface area contributed by atoms with Crippen molar-refractivity contribution >= 4 is 5.82 Å². The van der Waals surface area contributed by atoms with Gasteiger partial charge in [0.15, 0.2) is 0 Å². The molecule has 1 rings (SSSR count). The molecule has 0 saturated heterocycles. The van der Waals surface area contributed by atoms with Crippen LogP contribution in [-0.4, -0.2) is 35.3 Å². The van der Waals surface area contributed by atoms with Crippen molar-refractivity contribution in [3.8, 4) is 0 Å². The van der Waals surface area contributed by atoms with Crippen molar-refractivity contribution in [2.45, 2.75) is 39.8 Å². The summed E-state index contributed by atoms with van der Waals surface area (Å²) in [5.41, 5.74) is 0.472. The number of hydrogen-bond donors (Lipinski definition) is 2. The highest BCUT2D eigenvalue weighted by molar-refractivity contribution is 5.39. The summed E-state index contributed by atoms with van der Waals surface area (Å²) in [6, 6.07) is 4.10. The third kappa shape index (κ3) is 5.02. The van der Waals surface area contributed by atoms with Gasteiger partial charge in [0.1, 0.15) is 5.82 Å². The molecule has 1 heterocycles. The predicted octanol–water partition coefficient (Wildman–Crippen LogP) is 1.79. The second-order valence-corrected chi connectivity index (χ2v) is 5.13. The van der Waals surface area contributed by atoms with E-state index in [-0.39, 0.29) is 0 Å². The maximum absolute atomic E-state index is 9.87. The Morgan fingerprint density at radius 2 is 2.06 bits per heavy atom. The second kappa shape index (κ2) is 6.71. The molecule has 102 valence electrons. The third-order valence-electron chi connectivity index (χ3n) is 2.67. The molecule has 0 saturated carbocycles. The molecule has 0 aromatic carbocycles. The first-order valence-electron chi connectivity index (χ1n) is 6.59. The SMILES string of the molecule is CCNCc1ccc(N(CC)CC(C)(C)O)nc1. The molecule has 1 aromatic heterocycles. The lowest BCUT2D eigenvalue weighted by molar-refractivity contribution is 0.0874. The molecule has 0 aliphatic rings. The Bertz CT molecular complexity index is 343. The van der Waals surface area contributed by atoms with Crippen LogP contribution >= 0.6 is 0 Å². The Labute approximate surface area is 110 Å². The van der Waals surface area contributed by atoms with Crippen molar-refractivity contribution in [2.75, 3.05) is 24.5 Å². The lowest BCUT2D eigenvalue weighted by Crippen LogP contribution is -2.39. The molecule has 0 fully saturated rings. The van der Waals surface area contributed by atoms with Gasteiger partial charge in [-0.3, -0.25) is 0 Å². The monoisotopic (exact) mass is 251 g/mol. The van der Waals surface area contributed by atoms with Crippen molar-refractivity contribution < 1.29 is 5.11 Å². The van der Waals surface area contributed by atoms with E-state index in [4.69, 9.17) is 0 Å². The van der Waals surface area contributed by atoms with Crippen molar-refractivity contribution in [1.82, 2.24) is 10.3 Å². The minimum atomic E-state index is -0.708. The normalized spacial score (nSPS) is 11.6. The summed E-state index contributed by atoms with van der Waals surface area (Å²) in [6.45, 7) is 11.0. The van der Waals surface area contributed by atoms with Crippen LogP contribution in [0.5, 0.6) is 0 Å². The molecule has 0 unspecified atom stereocenters. The molecule has 1 aromatic rings. The minimum Gasteiger partial charge on any atom is -0.389 e. The van der Waals surface area contributed by atoms with Crippen LogP contribution < -0.4 is 10.2 Å². The van der Waals surface area contributed by atoms with Crippen LogP contribution in [0, 0.1) is 0 Å². The molecule has 4 heteroatoms. The van der Waals surface area contributed by atoms with Crippen molar-refractivity contribution in [2.24, 2.45) is 0 Å². The van der Waals surface area contributed by atoms with Crippen LogP contribution in [0.25, 0.3) is 0 Å². The first-order chi connectivity index (χ1) is 8.46. The van der Waals surface area contributed by atoms with E-state index in [1.54, 1.807) is 0 Å². The van der Waals surface area contributed by atoms with E-state index in [0.29, 0.717) is 6.54 Å². The van der Waals surface area contributed by atoms with Gasteiger partial charge in [0.2, 0.25) is 0 Å². The zero-order valence-electron chi connectivity index (χ0n) is 11.9. The van der Waals surface area contributed by atoms with Crippen molar-refractivity contribution in [3.63, 3.8) is 0 Å². The molecular weight excluding hydrogens is 226 g/mol. The van der Waals surface area contributed by atoms with Gasteiger partial charge in [-0.15, -0.1) is 0 Å². The lowest BCUT2D eigenvalue weighted by atomic mass is 10.1. The fourth-order valence-corrected chi connectivity index (χ4v) is 1.80. The zero-order chi connectivity index (χ0) is 13.6. The van der Waals surface area contributed by atoms with Gasteiger partial charge in [0, 0.05) is 25.8 Å². The fraction of sp³-hybridized carbons (Fsp3) is 0.643. The summed E-state index contributed by atoms with van der Waals surface area (Å²) in [4.78, 5) is 6.54. The fourth-order valence-electron chi connectivity index (χ4n) is 1.80. The molecule has 2 N–H and O–H groups in total. The van der Waals surface area contributed by atoms with E-state index in [1.165, 1.54) is 5.56 Å². The smallest absolute Gasteiger partial charge is 0.128 e. The molecule has 0 radical (unpaired) electrons. The van der Waals surface area contributed by atoms with Crippen molar-refractivity contribution in [1.29, 1.82) is 0 Å². The van der Waals surface area contributed by atoms with Gasteiger partial charge < -0.3 is 15.3 Å². The maximum Gasteiger partial charge on any atom is 0.128 e. The van der Waals surface area contributed by atoms with Gasteiger partial charge in [-0.1, -0.05) is 13.0 Å². The van der Waals surface area contributed by atoms with E-state index in [2.05, 4.69) is 35.1 Å². The summed E-state index contributed by atoms with van der Waals surface area (Å²) in [5.74, 6) is 0.917. The molecular formula is C14H25N3O. The van der Waals surface area contributed by atoms with Crippen LogP contribution in [0.3, 0.4) is 0 Å². The third-order valence-corrected chi connectivity index (χ3v) is 2.67. The van der Waals surface area contributed by atoms with Gasteiger partial charge in [0.05, 0.1) is 5.60 Å². The number of nitrogens with one attached hydrogen (secondary N) is 1. The number of hydrogen-bond acceptors (Lipinski definition) is 4. The molecule has 0 atom stereocenters. The Morgan fingerprint density at radius 3 is 2.50 bits per heavy atom. The average Bonchev–Trinajstić information content (AvgIpc) is 2.33. The minimum absolute atomic E-state index is 0.586.